The predicted molar refractivity (Wildman–Crippen MR) is 108 cm³/mol. The van der Waals surface area contributed by atoms with Crippen LogP contribution in [0.15, 0.2) is 30.5 Å². The van der Waals surface area contributed by atoms with E-state index in [0.29, 0.717) is 39.2 Å². The lowest BCUT2D eigenvalue weighted by atomic mass is 9.86. The molecule has 1 aromatic carbocycles. The summed E-state index contributed by atoms with van der Waals surface area (Å²) in [7, 11) is 3.70. The first kappa shape index (κ1) is 22.1. The molecule has 0 saturated heterocycles. The maximum absolute atomic E-state index is 10.0. The molecule has 1 fully saturated rings. The minimum absolute atomic E-state index is 0. The van der Waals surface area contributed by atoms with E-state index in [0.717, 1.165) is 6.54 Å². The van der Waals surface area contributed by atoms with Crippen LogP contribution in [0.5, 0.6) is 0 Å². The zero-order valence-electron chi connectivity index (χ0n) is 16.1. The van der Waals surface area contributed by atoms with E-state index in [2.05, 4.69) is 41.3 Å². The number of aliphatic hydroxyl groups is 2. The van der Waals surface area contributed by atoms with Crippen molar-refractivity contribution >= 4 is 23.3 Å². The fourth-order valence-corrected chi connectivity index (χ4v) is 4.02. The molecular formula is C20H31ClN2O4. The molecule has 0 radical (unpaired) electrons. The number of fused-ring (bicyclic) bond motifs is 1. The highest BCUT2D eigenvalue weighted by molar-refractivity contribution is 5.85. The first-order valence-corrected chi connectivity index (χ1v) is 9.21. The van der Waals surface area contributed by atoms with E-state index in [4.69, 9.17) is 9.47 Å². The molecule has 1 unspecified atom stereocenters. The maximum Gasteiger partial charge on any atom is 0.0806 e. The van der Waals surface area contributed by atoms with Crippen LogP contribution in [0, 0.1) is 5.41 Å². The van der Waals surface area contributed by atoms with Gasteiger partial charge >= 0.3 is 0 Å². The van der Waals surface area contributed by atoms with Crippen molar-refractivity contribution in [2.45, 2.75) is 31.6 Å². The Balaban J connectivity index is 0.00000261. The zero-order chi connectivity index (χ0) is 18.6. The van der Waals surface area contributed by atoms with Gasteiger partial charge in [-0.15, -0.1) is 12.4 Å². The molecule has 3 atom stereocenters. The smallest absolute Gasteiger partial charge is 0.0806 e. The average molecular weight is 399 g/mol. The third-order valence-corrected chi connectivity index (χ3v) is 5.36. The number of nitrogens with one attached hydrogen (secondary N) is 1. The Morgan fingerprint density at radius 1 is 1.19 bits per heavy atom. The number of ether oxygens (including phenoxy) is 2. The van der Waals surface area contributed by atoms with Crippen molar-refractivity contribution in [1.82, 2.24) is 9.88 Å². The third kappa shape index (κ3) is 5.22. The Morgan fingerprint density at radius 2 is 1.89 bits per heavy atom. The molecule has 7 heteroatoms. The molecule has 1 aromatic heterocycles. The molecule has 1 heterocycles. The molecule has 0 aliphatic heterocycles. The van der Waals surface area contributed by atoms with Crippen molar-refractivity contribution < 1.29 is 19.7 Å². The topological polar surface area (TPSA) is 75.9 Å². The lowest BCUT2D eigenvalue weighted by Crippen LogP contribution is -2.37. The number of aliphatic hydroxyl groups excluding tert-OH is 2. The average Bonchev–Trinajstić information content (AvgIpc) is 3.10. The first-order valence-electron chi connectivity index (χ1n) is 9.21. The van der Waals surface area contributed by atoms with Gasteiger partial charge in [0.2, 0.25) is 0 Å². The number of hydrogen-bond acceptors (Lipinski definition) is 5. The van der Waals surface area contributed by atoms with E-state index < -0.39 is 12.2 Å². The molecule has 6 nitrogen and oxygen atoms in total. The maximum atomic E-state index is 10.0. The number of hydrogen-bond donors (Lipinski definition) is 3. The van der Waals surface area contributed by atoms with Crippen LogP contribution in [0.2, 0.25) is 0 Å². The van der Waals surface area contributed by atoms with Crippen molar-refractivity contribution in [3.63, 3.8) is 0 Å². The number of rotatable bonds is 9. The molecular weight excluding hydrogens is 368 g/mol. The molecule has 1 aliphatic rings. The Labute approximate surface area is 166 Å². The van der Waals surface area contributed by atoms with Crippen LogP contribution >= 0.6 is 12.4 Å². The molecule has 0 spiro atoms. The number of methoxy groups -OCH3 is 1. The van der Waals surface area contributed by atoms with E-state index in [-0.39, 0.29) is 17.8 Å². The number of nitrogens with zero attached hydrogens (tertiary/aromatic N) is 1. The molecule has 0 amide bonds. The van der Waals surface area contributed by atoms with Gasteiger partial charge in [0.25, 0.3) is 0 Å². The summed E-state index contributed by atoms with van der Waals surface area (Å²) in [5.74, 6) is 0. The lowest BCUT2D eigenvalue weighted by molar-refractivity contribution is 0.0111. The fraction of sp³-hybridized carbons (Fsp3) is 0.600. The lowest BCUT2D eigenvalue weighted by Gasteiger charge is -2.29. The number of aryl methyl sites for hydroxylation is 1. The summed E-state index contributed by atoms with van der Waals surface area (Å²) in [5.41, 5.74) is 2.21. The number of halogens is 1. The van der Waals surface area contributed by atoms with Gasteiger partial charge in [0, 0.05) is 49.8 Å². The Morgan fingerprint density at radius 3 is 2.59 bits per heavy atom. The highest BCUT2D eigenvalue weighted by Crippen LogP contribution is 2.38. The van der Waals surface area contributed by atoms with Crippen molar-refractivity contribution in [2.75, 3.05) is 33.5 Å². The first-order chi connectivity index (χ1) is 12.5. The van der Waals surface area contributed by atoms with Gasteiger partial charge in [0.05, 0.1) is 32.0 Å². The summed E-state index contributed by atoms with van der Waals surface area (Å²) in [4.78, 5) is 0. The summed E-state index contributed by atoms with van der Waals surface area (Å²) < 4.78 is 12.9. The summed E-state index contributed by atoms with van der Waals surface area (Å²) in [5, 5.41) is 24.8. The Kier molecular flexibility index (Phi) is 8.09. The van der Waals surface area contributed by atoms with E-state index >= 15 is 0 Å². The normalized spacial score (nSPS) is 25.0. The van der Waals surface area contributed by atoms with Crippen molar-refractivity contribution in [3.05, 3.63) is 36.0 Å². The highest BCUT2D eigenvalue weighted by Gasteiger charge is 2.44. The van der Waals surface area contributed by atoms with E-state index in [1.165, 1.54) is 16.5 Å². The Hall–Kier alpha value is -1.15. The second-order valence-corrected chi connectivity index (χ2v) is 7.47. The number of benzene rings is 1. The standard InChI is InChI=1S/C20H30N2O4.ClH/c1-22-12-15(16-5-3-4-6-17(16)22)11-21-13-20(14-26-8-7-25-2)9-18(23)19(24)10-20;/h3-6,12,18-19,21,23-24H,7-11,13-14H2,1-2H3;1H/t18-,19+,20?;. The Bertz CT molecular complexity index is 711. The summed E-state index contributed by atoms with van der Waals surface area (Å²) >= 11 is 0. The molecule has 27 heavy (non-hydrogen) atoms. The third-order valence-electron chi connectivity index (χ3n) is 5.36. The molecule has 0 bridgehead atoms. The van der Waals surface area contributed by atoms with Crippen molar-refractivity contribution in [3.8, 4) is 0 Å². The van der Waals surface area contributed by atoms with Crippen LogP contribution in [-0.4, -0.2) is 60.5 Å². The molecule has 2 aromatic rings. The van der Waals surface area contributed by atoms with Crippen LogP contribution in [0.3, 0.4) is 0 Å². The van der Waals surface area contributed by atoms with Crippen LogP contribution < -0.4 is 5.32 Å². The van der Waals surface area contributed by atoms with Gasteiger partial charge in [0.15, 0.2) is 0 Å². The quantitative estimate of drug-likeness (QED) is 0.562. The van der Waals surface area contributed by atoms with Crippen LogP contribution in [0.4, 0.5) is 0 Å². The van der Waals surface area contributed by atoms with Gasteiger partial charge < -0.3 is 29.6 Å². The number of para-hydroxylation sites is 1. The summed E-state index contributed by atoms with van der Waals surface area (Å²) in [6.45, 7) is 3.01. The molecule has 3 rings (SSSR count). The van der Waals surface area contributed by atoms with E-state index in [1.54, 1.807) is 7.11 Å². The van der Waals surface area contributed by atoms with Gasteiger partial charge in [-0.2, -0.15) is 0 Å². The van der Waals surface area contributed by atoms with Gasteiger partial charge in [-0.25, -0.2) is 0 Å². The van der Waals surface area contributed by atoms with Crippen molar-refractivity contribution in [2.24, 2.45) is 12.5 Å². The minimum atomic E-state index is -0.680. The van der Waals surface area contributed by atoms with Gasteiger partial charge in [0.1, 0.15) is 0 Å². The number of aromatic nitrogens is 1. The van der Waals surface area contributed by atoms with Crippen LogP contribution in [0.25, 0.3) is 10.9 Å². The van der Waals surface area contributed by atoms with E-state index in [9.17, 15) is 10.2 Å². The molecule has 3 N–H and O–H groups in total. The van der Waals surface area contributed by atoms with E-state index in [1.807, 2.05) is 6.07 Å². The monoisotopic (exact) mass is 398 g/mol. The minimum Gasteiger partial charge on any atom is -0.390 e. The second-order valence-electron chi connectivity index (χ2n) is 7.47. The van der Waals surface area contributed by atoms with Gasteiger partial charge in [-0.3, -0.25) is 0 Å². The summed E-state index contributed by atoms with van der Waals surface area (Å²) in [6, 6.07) is 8.36. The van der Waals surface area contributed by atoms with Gasteiger partial charge in [-0.05, 0) is 24.5 Å². The van der Waals surface area contributed by atoms with Crippen LogP contribution in [0.1, 0.15) is 18.4 Å². The second kappa shape index (κ2) is 9.87. The molecule has 1 aliphatic carbocycles. The van der Waals surface area contributed by atoms with Gasteiger partial charge in [-0.1, -0.05) is 18.2 Å². The van der Waals surface area contributed by atoms with Crippen LogP contribution in [-0.2, 0) is 23.1 Å². The SMILES string of the molecule is COCCOCC1(CNCc2cn(C)c3ccccc23)C[C@@H](O)[C@@H](O)C1.Cl. The molecule has 152 valence electrons. The highest BCUT2D eigenvalue weighted by atomic mass is 35.5. The predicted octanol–water partition coefficient (Wildman–Crippen LogP) is 1.85. The fourth-order valence-electron chi connectivity index (χ4n) is 4.02. The van der Waals surface area contributed by atoms with Crippen molar-refractivity contribution in [1.29, 1.82) is 0 Å². The summed E-state index contributed by atoms with van der Waals surface area (Å²) in [6.07, 6.45) is 1.88. The largest absolute Gasteiger partial charge is 0.390 e. The molecule has 1 saturated carbocycles. The zero-order valence-corrected chi connectivity index (χ0v) is 16.9.